The Morgan fingerprint density at radius 2 is 1.96 bits per heavy atom. The van der Waals surface area contributed by atoms with Gasteiger partial charge in [-0.05, 0) is 69.5 Å². The van der Waals surface area contributed by atoms with Crippen LogP contribution < -0.4 is 10.1 Å². The molecule has 0 atom stereocenters. The Hall–Kier alpha value is -1.26. The second-order valence-corrected chi connectivity index (χ2v) is 6.41. The fourth-order valence-corrected chi connectivity index (χ4v) is 3.07. The molecule has 2 rings (SSSR count). The average Bonchev–Trinajstić information content (AvgIpc) is 2.56. The molecule has 5 heteroatoms. The monoisotopic (exact) mass is 354 g/mol. The Morgan fingerprint density at radius 1 is 1.25 bits per heavy atom. The lowest BCUT2D eigenvalue weighted by atomic mass is 10.0. The van der Waals surface area contributed by atoms with Gasteiger partial charge in [0.2, 0.25) is 5.91 Å². The third-order valence-corrected chi connectivity index (χ3v) is 4.60. The average molecular weight is 355 g/mol. The molecule has 0 aliphatic carbocycles. The molecule has 0 radical (unpaired) electrons. The van der Waals surface area contributed by atoms with Crippen molar-refractivity contribution in [2.24, 2.45) is 0 Å². The van der Waals surface area contributed by atoms with Crippen molar-refractivity contribution in [3.63, 3.8) is 0 Å². The molecule has 1 aromatic rings. The van der Waals surface area contributed by atoms with E-state index in [-0.39, 0.29) is 18.3 Å². The van der Waals surface area contributed by atoms with E-state index in [0.29, 0.717) is 19.1 Å². The number of benzene rings is 1. The third kappa shape index (κ3) is 5.99. The minimum absolute atomic E-state index is 0. The molecule has 1 aromatic carbocycles. The summed E-state index contributed by atoms with van der Waals surface area (Å²) in [6.45, 7) is 9.62. The molecule has 136 valence electrons. The molecule has 0 bridgehead atoms. The lowest BCUT2D eigenvalue weighted by Crippen LogP contribution is -2.46. The summed E-state index contributed by atoms with van der Waals surface area (Å²) in [7, 11) is 0. The van der Waals surface area contributed by atoms with Crippen LogP contribution in [0.3, 0.4) is 0 Å². The number of rotatable bonds is 7. The summed E-state index contributed by atoms with van der Waals surface area (Å²) in [5.41, 5.74) is 2.48. The molecule has 4 nitrogen and oxygen atoms in total. The molecule has 24 heavy (non-hydrogen) atoms. The summed E-state index contributed by atoms with van der Waals surface area (Å²) in [5.74, 6) is 1.08. The van der Waals surface area contributed by atoms with Crippen LogP contribution in [0.15, 0.2) is 18.2 Å². The smallest absolute Gasteiger partial charge is 0.226 e. The number of amides is 1. The van der Waals surface area contributed by atoms with Gasteiger partial charge in [0.25, 0.3) is 0 Å². The molecule has 1 amide bonds. The lowest BCUT2D eigenvalue weighted by Gasteiger charge is -2.34. The number of carbonyl (C=O) groups is 1. The normalized spacial score (nSPS) is 14.8. The summed E-state index contributed by atoms with van der Waals surface area (Å²) < 4.78 is 5.77. The SMILES string of the molecule is CCCN(C(=O)CCOc1ccc(C)c(C)c1)C1CCNCC1.Cl. The summed E-state index contributed by atoms with van der Waals surface area (Å²) in [5, 5.41) is 3.36. The fraction of sp³-hybridized carbons (Fsp3) is 0.632. The van der Waals surface area contributed by atoms with Crippen LogP contribution in [-0.2, 0) is 4.79 Å². The first-order valence-electron chi connectivity index (χ1n) is 8.82. The van der Waals surface area contributed by atoms with E-state index in [9.17, 15) is 4.79 Å². The number of hydrogen-bond donors (Lipinski definition) is 1. The van der Waals surface area contributed by atoms with E-state index in [2.05, 4.69) is 37.1 Å². The van der Waals surface area contributed by atoms with Gasteiger partial charge in [-0.3, -0.25) is 4.79 Å². The van der Waals surface area contributed by atoms with Gasteiger partial charge < -0.3 is 15.0 Å². The molecule has 0 saturated carbocycles. The molecular formula is C19H31ClN2O2. The molecule has 0 aromatic heterocycles. The van der Waals surface area contributed by atoms with Crippen molar-refractivity contribution in [2.45, 2.75) is 52.5 Å². The Balaban J connectivity index is 0.00000288. The number of carbonyl (C=O) groups excluding carboxylic acids is 1. The van der Waals surface area contributed by atoms with Crippen LogP contribution in [0.4, 0.5) is 0 Å². The first-order valence-corrected chi connectivity index (χ1v) is 8.82. The molecule has 1 saturated heterocycles. The maximum atomic E-state index is 12.6. The van der Waals surface area contributed by atoms with Crippen LogP contribution in [0, 0.1) is 13.8 Å². The largest absolute Gasteiger partial charge is 0.493 e. The summed E-state index contributed by atoms with van der Waals surface area (Å²) in [4.78, 5) is 14.6. The molecule has 1 N–H and O–H groups in total. The highest BCUT2D eigenvalue weighted by atomic mass is 35.5. The van der Waals surface area contributed by atoms with E-state index in [1.807, 2.05) is 12.1 Å². The van der Waals surface area contributed by atoms with Gasteiger partial charge in [0.1, 0.15) is 5.75 Å². The summed E-state index contributed by atoms with van der Waals surface area (Å²) in [6, 6.07) is 6.47. The van der Waals surface area contributed by atoms with Crippen molar-refractivity contribution in [1.82, 2.24) is 10.2 Å². The van der Waals surface area contributed by atoms with E-state index in [1.54, 1.807) is 0 Å². The predicted octanol–water partition coefficient (Wildman–Crippen LogP) is 3.48. The van der Waals surface area contributed by atoms with Gasteiger partial charge in [0, 0.05) is 12.6 Å². The number of aryl methyl sites for hydroxylation is 2. The number of ether oxygens (including phenoxy) is 1. The predicted molar refractivity (Wildman–Crippen MR) is 101 cm³/mol. The number of halogens is 1. The Morgan fingerprint density at radius 3 is 2.58 bits per heavy atom. The van der Waals surface area contributed by atoms with Gasteiger partial charge in [-0.2, -0.15) is 0 Å². The number of piperidine rings is 1. The molecule has 1 heterocycles. The minimum Gasteiger partial charge on any atom is -0.493 e. The van der Waals surface area contributed by atoms with Gasteiger partial charge >= 0.3 is 0 Å². The number of nitrogens with zero attached hydrogens (tertiary/aromatic N) is 1. The van der Waals surface area contributed by atoms with E-state index < -0.39 is 0 Å². The van der Waals surface area contributed by atoms with Gasteiger partial charge in [-0.1, -0.05) is 13.0 Å². The van der Waals surface area contributed by atoms with Crippen LogP contribution in [0.1, 0.15) is 43.7 Å². The highest BCUT2D eigenvalue weighted by Crippen LogP contribution is 2.17. The molecule has 1 aliphatic heterocycles. The quantitative estimate of drug-likeness (QED) is 0.815. The Bertz CT molecular complexity index is 516. The highest BCUT2D eigenvalue weighted by Gasteiger charge is 2.24. The second kappa shape index (κ2) is 10.6. The van der Waals surface area contributed by atoms with Crippen molar-refractivity contribution in [1.29, 1.82) is 0 Å². The first kappa shape index (κ1) is 20.8. The van der Waals surface area contributed by atoms with Gasteiger partial charge in [-0.15, -0.1) is 12.4 Å². The van der Waals surface area contributed by atoms with Crippen LogP contribution in [-0.4, -0.2) is 43.1 Å². The zero-order valence-electron chi connectivity index (χ0n) is 15.1. The van der Waals surface area contributed by atoms with Crippen molar-refractivity contribution in [2.75, 3.05) is 26.2 Å². The molecule has 0 spiro atoms. The summed E-state index contributed by atoms with van der Waals surface area (Å²) >= 11 is 0. The summed E-state index contributed by atoms with van der Waals surface area (Å²) in [6.07, 6.45) is 3.58. The standard InChI is InChI=1S/C19H30N2O2.ClH/c1-4-12-21(17-7-10-20-11-8-17)19(22)9-13-23-18-6-5-15(2)16(3)14-18;/h5-6,14,17,20H,4,7-13H2,1-3H3;1H. The number of hydrogen-bond acceptors (Lipinski definition) is 3. The van der Waals surface area contributed by atoms with Crippen molar-refractivity contribution >= 4 is 18.3 Å². The van der Waals surface area contributed by atoms with Crippen LogP contribution in [0.5, 0.6) is 5.75 Å². The molecule has 1 aliphatic rings. The van der Waals surface area contributed by atoms with E-state index in [4.69, 9.17) is 4.74 Å². The van der Waals surface area contributed by atoms with Gasteiger partial charge in [0.05, 0.1) is 13.0 Å². The van der Waals surface area contributed by atoms with Crippen molar-refractivity contribution in [3.05, 3.63) is 29.3 Å². The molecule has 0 unspecified atom stereocenters. The van der Waals surface area contributed by atoms with E-state index in [0.717, 1.165) is 44.6 Å². The first-order chi connectivity index (χ1) is 11.1. The highest BCUT2D eigenvalue weighted by molar-refractivity contribution is 5.85. The zero-order valence-corrected chi connectivity index (χ0v) is 16.0. The van der Waals surface area contributed by atoms with Crippen LogP contribution in [0.25, 0.3) is 0 Å². The van der Waals surface area contributed by atoms with Gasteiger partial charge in [-0.25, -0.2) is 0 Å². The topological polar surface area (TPSA) is 41.6 Å². The second-order valence-electron chi connectivity index (χ2n) is 6.41. The van der Waals surface area contributed by atoms with Crippen molar-refractivity contribution in [3.8, 4) is 5.75 Å². The fourth-order valence-electron chi connectivity index (χ4n) is 3.07. The Labute approximate surface area is 152 Å². The zero-order chi connectivity index (χ0) is 16.7. The van der Waals surface area contributed by atoms with Gasteiger partial charge in [0.15, 0.2) is 0 Å². The van der Waals surface area contributed by atoms with Crippen LogP contribution >= 0.6 is 12.4 Å². The maximum absolute atomic E-state index is 12.6. The number of nitrogens with one attached hydrogen (secondary N) is 1. The lowest BCUT2D eigenvalue weighted by molar-refractivity contribution is -0.134. The van der Waals surface area contributed by atoms with Crippen molar-refractivity contribution < 1.29 is 9.53 Å². The van der Waals surface area contributed by atoms with E-state index >= 15 is 0 Å². The maximum Gasteiger partial charge on any atom is 0.226 e. The Kier molecular flexibility index (Phi) is 9.16. The van der Waals surface area contributed by atoms with E-state index in [1.165, 1.54) is 11.1 Å². The molecule has 1 fully saturated rings. The minimum atomic E-state index is 0. The van der Waals surface area contributed by atoms with Crippen LogP contribution in [0.2, 0.25) is 0 Å². The molecular weight excluding hydrogens is 324 g/mol. The third-order valence-electron chi connectivity index (χ3n) is 4.60.